The summed E-state index contributed by atoms with van der Waals surface area (Å²) in [5.74, 6) is 0.364. The first-order valence-electron chi connectivity index (χ1n) is 8.12. The van der Waals surface area contributed by atoms with Crippen LogP contribution in [0.15, 0.2) is 66.9 Å². The van der Waals surface area contributed by atoms with Gasteiger partial charge in [-0.3, -0.25) is 0 Å². The summed E-state index contributed by atoms with van der Waals surface area (Å²) in [7, 11) is 0. The highest BCUT2D eigenvalue weighted by molar-refractivity contribution is 5.79. The van der Waals surface area contributed by atoms with Crippen molar-refractivity contribution < 1.29 is 4.39 Å². The Labute approximate surface area is 145 Å². The molecule has 0 saturated carbocycles. The van der Waals surface area contributed by atoms with Gasteiger partial charge in [0, 0.05) is 23.7 Å². The Bertz CT molecular complexity index is 1060. The molecule has 0 saturated heterocycles. The van der Waals surface area contributed by atoms with E-state index < -0.39 is 0 Å². The number of nitrogens with zero attached hydrogens (tertiary/aromatic N) is 3. The van der Waals surface area contributed by atoms with E-state index in [0.29, 0.717) is 12.2 Å². The van der Waals surface area contributed by atoms with Gasteiger partial charge in [0.2, 0.25) is 0 Å². The van der Waals surface area contributed by atoms with Gasteiger partial charge in [0.05, 0.1) is 5.52 Å². The largest absolute Gasteiger partial charge is 0.249 e. The van der Waals surface area contributed by atoms with Gasteiger partial charge in [-0.15, -0.1) is 0 Å². The molecule has 0 bridgehead atoms. The molecule has 4 rings (SSSR count). The molecule has 0 atom stereocenters. The zero-order valence-corrected chi connectivity index (χ0v) is 13.8. The van der Waals surface area contributed by atoms with Crippen molar-refractivity contribution in [3.05, 3.63) is 89.5 Å². The van der Waals surface area contributed by atoms with Crippen molar-refractivity contribution in [1.29, 1.82) is 0 Å². The molecular formula is C21H16FN3. The first-order chi connectivity index (χ1) is 12.2. The van der Waals surface area contributed by atoms with Crippen molar-refractivity contribution in [2.75, 3.05) is 0 Å². The minimum atomic E-state index is -0.232. The molecule has 2 aromatic heterocycles. The highest BCUT2D eigenvalue weighted by Gasteiger charge is 2.09. The fraction of sp³-hybridized carbons (Fsp3) is 0.0952. The smallest absolute Gasteiger partial charge is 0.178 e. The van der Waals surface area contributed by atoms with Gasteiger partial charge >= 0.3 is 0 Å². The van der Waals surface area contributed by atoms with Crippen molar-refractivity contribution in [3.8, 4) is 11.5 Å². The lowest BCUT2D eigenvalue weighted by molar-refractivity contribution is 0.626. The van der Waals surface area contributed by atoms with Gasteiger partial charge in [-0.2, -0.15) is 0 Å². The van der Waals surface area contributed by atoms with Crippen molar-refractivity contribution in [2.45, 2.75) is 13.3 Å². The summed E-state index contributed by atoms with van der Waals surface area (Å²) in [6.45, 7) is 2.01. The normalized spacial score (nSPS) is 11.0. The van der Waals surface area contributed by atoms with Crippen molar-refractivity contribution in [1.82, 2.24) is 15.0 Å². The molecular weight excluding hydrogens is 313 g/mol. The Morgan fingerprint density at radius 2 is 1.80 bits per heavy atom. The highest BCUT2D eigenvalue weighted by Crippen LogP contribution is 2.20. The second-order valence-electron chi connectivity index (χ2n) is 6.02. The molecule has 0 radical (unpaired) electrons. The summed E-state index contributed by atoms with van der Waals surface area (Å²) < 4.78 is 13.4. The Morgan fingerprint density at radius 1 is 0.920 bits per heavy atom. The number of fused-ring (bicyclic) bond motifs is 1. The van der Waals surface area contributed by atoms with Crippen LogP contribution in [0.4, 0.5) is 4.39 Å². The number of rotatable bonds is 3. The van der Waals surface area contributed by atoms with Gasteiger partial charge < -0.3 is 0 Å². The number of aromatic nitrogens is 3. The molecule has 0 aliphatic heterocycles. The molecule has 122 valence electrons. The highest BCUT2D eigenvalue weighted by atomic mass is 19.1. The van der Waals surface area contributed by atoms with Crippen molar-refractivity contribution >= 4 is 10.9 Å². The Morgan fingerprint density at radius 3 is 2.68 bits per heavy atom. The third-order valence-corrected chi connectivity index (χ3v) is 4.18. The van der Waals surface area contributed by atoms with Crippen LogP contribution < -0.4 is 0 Å². The monoisotopic (exact) mass is 329 g/mol. The van der Waals surface area contributed by atoms with Crippen molar-refractivity contribution in [2.24, 2.45) is 0 Å². The van der Waals surface area contributed by atoms with Crippen LogP contribution in [0.1, 0.15) is 16.8 Å². The zero-order chi connectivity index (χ0) is 17.2. The van der Waals surface area contributed by atoms with Crippen LogP contribution in [-0.4, -0.2) is 15.0 Å². The molecule has 4 heteroatoms. The van der Waals surface area contributed by atoms with Crippen LogP contribution in [0, 0.1) is 12.7 Å². The molecule has 0 aliphatic carbocycles. The summed E-state index contributed by atoms with van der Waals surface area (Å²) in [4.78, 5) is 13.8. The van der Waals surface area contributed by atoms with Gasteiger partial charge in [-0.05, 0) is 42.3 Å². The number of hydrogen-bond donors (Lipinski definition) is 0. The van der Waals surface area contributed by atoms with Crippen LogP contribution in [0.25, 0.3) is 22.4 Å². The maximum Gasteiger partial charge on any atom is 0.178 e. The van der Waals surface area contributed by atoms with Gasteiger partial charge in [0.15, 0.2) is 5.82 Å². The number of aryl methyl sites for hydroxylation is 1. The lowest BCUT2D eigenvalue weighted by Crippen LogP contribution is -2.00. The van der Waals surface area contributed by atoms with E-state index in [1.54, 1.807) is 12.1 Å². The number of halogens is 1. The second kappa shape index (κ2) is 6.40. The van der Waals surface area contributed by atoms with Crippen LogP contribution in [-0.2, 0) is 6.42 Å². The average Bonchev–Trinajstić information content (AvgIpc) is 2.63. The Kier molecular flexibility index (Phi) is 3.94. The van der Waals surface area contributed by atoms with Crippen LogP contribution in [0.5, 0.6) is 0 Å². The quantitative estimate of drug-likeness (QED) is 0.545. The maximum atomic E-state index is 13.4. The molecule has 0 spiro atoms. The molecule has 0 fully saturated rings. The van der Waals surface area contributed by atoms with E-state index >= 15 is 0 Å². The molecule has 0 aliphatic rings. The molecule has 0 unspecified atom stereocenters. The first kappa shape index (κ1) is 15.4. The lowest BCUT2D eigenvalue weighted by Gasteiger charge is -2.08. The molecule has 0 amide bonds. The Balaban J connectivity index is 1.73. The molecule has 0 N–H and O–H groups in total. The third-order valence-electron chi connectivity index (χ3n) is 4.18. The number of benzene rings is 2. The SMILES string of the molecule is Cc1ccc(-c2ncc3ccccc3n2)nc1Cc1cccc(F)c1. The standard InChI is InChI=1S/C21H16FN3/c1-14-9-10-19(21-23-13-16-6-2-3-8-18(16)25-21)24-20(14)12-15-5-4-7-17(22)11-15/h2-11,13H,12H2,1H3. The fourth-order valence-electron chi connectivity index (χ4n) is 2.81. The molecule has 2 aromatic carbocycles. The average molecular weight is 329 g/mol. The zero-order valence-electron chi connectivity index (χ0n) is 13.8. The van der Waals surface area contributed by atoms with Gasteiger partial charge in [-0.25, -0.2) is 19.3 Å². The Hall–Kier alpha value is -3.14. The fourth-order valence-corrected chi connectivity index (χ4v) is 2.81. The predicted molar refractivity (Wildman–Crippen MR) is 96.7 cm³/mol. The van der Waals surface area contributed by atoms with Crippen LogP contribution in [0.2, 0.25) is 0 Å². The first-order valence-corrected chi connectivity index (χ1v) is 8.12. The molecule has 3 nitrogen and oxygen atoms in total. The van der Waals surface area contributed by atoms with Crippen LogP contribution >= 0.6 is 0 Å². The minimum Gasteiger partial charge on any atom is -0.249 e. The van der Waals surface area contributed by atoms with E-state index in [1.807, 2.05) is 55.6 Å². The van der Waals surface area contributed by atoms with E-state index in [2.05, 4.69) is 9.97 Å². The van der Waals surface area contributed by atoms with Crippen LogP contribution in [0.3, 0.4) is 0 Å². The summed E-state index contributed by atoms with van der Waals surface area (Å²) in [6, 6.07) is 18.4. The van der Waals surface area contributed by atoms with Crippen molar-refractivity contribution in [3.63, 3.8) is 0 Å². The molecule has 2 heterocycles. The second-order valence-corrected chi connectivity index (χ2v) is 6.02. The summed E-state index contributed by atoms with van der Waals surface area (Å²) in [5.41, 5.74) is 4.48. The maximum absolute atomic E-state index is 13.4. The summed E-state index contributed by atoms with van der Waals surface area (Å²) >= 11 is 0. The predicted octanol–water partition coefficient (Wildman–Crippen LogP) is 4.73. The summed E-state index contributed by atoms with van der Waals surface area (Å²) in [6.07, 6.45) is 2.39. The minimum absolute atomic E-state index is 0.232. The lowest BCUT2D eigenvalue weighted by atomic mass is 10.1. The van der Waals surface area contributed by atoms with E-state index in [9.17, 15) is 4.39 Å². The third kappa shape index (κ3) is 3.24. The van der Waals surface area contributed by atoms with E-state index in [-0.39, 0.29) is 5.82 Å². The number of pyridine rings is 1. The van der Waals surface area contributed by atoms with Gasteiger partial charge in [0.1, 0.15) is 11.5 Å². The molecule has 4 aromatic rings. The van der Waals surface area contributed by atoms with Gasteiger partial charge in [-0.1, -0.05) is 36.4 Å². The van der Waals surface area contributed by atoms with E-state index in [0.717, 1.165) is 33.4 Å². The number of para-hydroxylation sites is 1. The van der Waals surface area contributed by atoms with Gasteiger partial charge in [0.25, 0.3) is 0 Å². The summed E-state index contributed by atoms with van der Waals surface area (Å²) in [5, 5.41) is 0.998. The molecule has 25 heavy (non-hydrogen) atoms. The van der Waals surface area contributed by atoms with E-state index in [1.165, 1.54) is 6.07 Å². The van der Waals surface area contributed by atoms with E-state index in [4.69, 9.17) is 4.98 Å². The number of hydrogen-bond acceptors (Lipinski definition) is 3. The topological polar surface area (TPSA) is 38.7 Å².